The highest BCUT2D eigenvalue weighted by atomic mass is 35.5. The van der Waals surface area contributed by atoms with Crippen LogP contribution in [0.15, 0.2) is 36.4 Å². The average Bonchev–Trinajstić information content (AvgIpc) is 3.18. The molecule has 0 unspecified atom stereocenters. The summed E-state index contributed by atoms with van der Waals surface area (Å²) in [5.41, 5.74) is 1.62. The molecule has 1 fully saturated rings. The van der Waals surface area contributed by atoms with E-state index in [1.165, 1.54) is 11.1 Å². The average molecular weight is 454 g/mol. The predicted octanol–water partition coefficient (Wildman–Crippen LogP) is 4.05. The second-order valence-corrected chi connectivity index (χ2v) is 8.24. The van der Waals surface area contributed by atoms with Crippen LogP contribution in [0.1, 0.15) is 16.7 Å². The monoisotopic (exact) mass is 453 g/mol. The molecule has 9 heteroatoms. The van der Waals surface area contributed by atoms with Crippen molar-refractivity contribution in [3.8, 4) is 5.75 Å². The van der Waals surface area contributed by atoms with E-state index in [-0.39, 0.29) is 23.2 Å². The molecular weight excluding hydrogens is 431 g/mol. The topological polar surface area (TPSA) is 44.8 Å². The van der Waals surface area contributed by atoms with Crippen molar-refractivity contribution < 1.29 is 22.7 Å². The van der Waals surface area contributed by atoms with E-state index in [2.05, 4.69) is 22.3 Å². The summed E-state index contributed by atoms with van der Waals surface area (Å²) in [5.74, 6) is 0.591. The van der Waals surface area contributed by atoms with E-state index in [1.807, 2.05) is 11.0 Å². The van der Waals surface area contributed by atoms with Gasteiger partial charge in [0.2, 0.25) is 5.91 Å². The zero-order chi connectivity index (χ0) is 22.0. The molecule has 4 rings (SSSR count). The first-order valence-corrected chi connectivity index (χ1v) is 10.5. The molecule has 0 spiro atoms. The Balaban J connectivity index is 1.27. The second kappa shape index (κ2) is 9.06. The standard InChI is InChI=1S/C22H23ClF3N3O2/c23-18-3-2-17(22(24,25)26)12-19(18)27-21(30)14-29-8-6-28(7-9-29)13-15-1-4-20-16(11-15)5-10-31-20/h1-4,11-12H,5-10,13-14H2,(H,27,30). The van der Waals surface area contributed by atoms with Gasteiger partial charge in [0.15, 0.2) is 0 Å². The van der Waals surface area contributed by atoms with Gasteiger partial charge in [-0.05, 0) is 35.4 Å². The number of hydrogen-bond donors (Lipinski definition) is 1. The number of fused-ring (bicyclic) bond motifs is 1. The van der Waals surface area contributed by atoms with Gasteiger partial charge in [-0.15, -0.1) is 0 Å². The van der Waals surface area contributed by atoms with E-state index >= 15 is 0 Å². The number of carbonyl (C=O) groups excluding carboxylic acids is 1. The van der Waals surface area contributed by atoms with Crippen LogP contribution in [-0.4, -0.2) is 55.0 Å². The number of benzene rings is 2. The molecule has 2 aliphatic rings. The van der Waals surface area contributed by atoms with Crippen LogP contribution >= 0.6 is 11.6 Å². The largest absolute Gasteiger partial charge is 0.493 e. The smallest absolute Gasteiger partial charge is 0.416 e. The summed E-state index contributed by atoms with van der Waals surface area (Å²) >= 11 is 5.95. The normalized spacial score (nSPS) is 17.3. The fraction of sp³-hybridized carbons (Fsp3) is 0.409. The Morgan fingerprint density at radius 3 is 2.55 bits per heavy atom. The Bertz CT molecular complexity index is 960. The molecular formula is C22H23ClF3N3O2. The number of nitrogens with one attached hydrogen (secondary N) is 1. The van der Waals surface area contributed by atoms with Crippen LogP contribution in [0.2, 0.25) is 5.02 Å². The summed E-state index contributed by atoms with van der Waals surface area (Å²) in [7, 11) is 0. The highest BCUT2D eigenvalue weighted by Gasteiger charge is 2.31. The molecule has 0 aliphatic carbocycles. The Labute approximate surface area is 183 Å². The molecule has 0 saturated carbocycles. The van der Waals surface area contributed by atoms with Gasteiger partial charge in [0.05, 0.1) is 29.4 Å². The number of piperazine rings is 1. The Hall–Kier alpha value is -2.29. The molecule has 1 amide bonds. The molecule has 1 saturated heterocycles. The van der Waals surface area contributed by atoms with Crippen molar-refractivity contribution in [1.82, 2.24) is 9.80 Å². The lowest BCUT2D eigenvalue weighted by Crippen LogP contribution is -2.48. The van der Waals surface area contributed by atoms with Crippen molar-refractivity contribution in [3.05, 3.63) is 58.1 Å². The zero-order valence-corrected chi connectivity index (χ0v) is 17.6. The molecule has 0 radical (unpaired) electrons. The van der Waals surface area contributed by atoms with Gasteiger partial charge in [-0.3, -0.25) is 14.6 Å². The second-order valence-electron chi connectivity index (χ2n) is 7.83. The van der Waals surface area contributed by atoms with Gasteiger partial charge in [-0.2, -0.15) is 13.2 Å². The number of amides is 1. The summed E-state index contributed by atoms with van der Waals surface area (Å²) in [4.78, 5) is 16.7. The van der Waals surface area contributed by atoms with Crippen LogP contribution in [0.25, 0.3) is 0 Å². The SMILES string of the molecule is O=C(CN1CCN(Cc2ccc3c(c2)CCO3)CC1)Nc1cc(C(F)(F)F)ccc1Cl. The highest BCUT2D eigenvalue weighted by molar-refractivity contribution is 6.33. The number of rotatable bonds is 5. The summed E-state index contributed by atoms with van der Waals surface area (Å²) in [5, 5.41) is 2.58. The van der Waals surface area contributed by atoms with Gasteiger partial charge in [0.1, 0.15) is 5.75 Å². The fourth-order valence-corrected chi connectivity index (χ4v) is 4.06. The zero-order valence-electron chi connectivity index (χ0n) is 16.8. The van der Waals surface area contributed by atoms with Gasteiger partial charge in [0, 0.05) is 39.1 Å². The van der Waals surface area contributed by atoms with Gasteiger partial charge in [-0.1, -0.05) is 23.7 Å². The first-order chi connectivity index (χ1) is 14.8. The quantitative estimate of drug-likeness (QED) is 0.742. The van der Waals surface area contributed by atoms with Crippen molar-refractivity contribution >= 4 is 23.2 Å². The molecule has 2 heterocycles. The minimum Gasteiger partial charge on any atom is -0.493 e. The third kappa shape index (κ3) is 5.50. The molecule has 0 bridgehead atoms. The third-order valence-electron chi connectivity index (χ3n) is 5.56. The number of ether oxygens (including phenoxy) is 1. The molecule has 2 aromatic carbocycles. The Morgan fingerprint density at radius 1 is 1.06 bits per heavy atom. The van der Waals surface area contributed by atoms with E-state index in [4.69, 9.17) is 16.3 Å². The lowest BCUT2D eigenvalue weighted by Gasteiger charge is -2.34. The minimum absolute atomic E-state index is 0.0271. The van der Waals surface area contributed by atoms with E-state index in [1.54, 1.807) is 0 Å². The first kappa shape index (κ1) is 21.9. The first-order valence-electron chi connectivity index (χ1n) is 10.1. The minimum atomic E-state index is -4.49. The molecule has 166 valence electrons. The number of alkyl halides is 3. The van der Waals surface area contributed by atoms with Crippen LogP contribution in [0.5, 0.6) is 5.75 Å². The number of nitrogens with zero attached hydrogens (tertiary/aromatic N) is 2. The van der Waals surface area contributed by atoms with Crippen LogP contribution in [0.4, 0.5) is 18.9 Å². The molecule has 31 heavy (non-hydrogen) atoms. The van der Waals surface area contributed by atoms with Crippen molar-refractivity contribution in [1.29, 1.82) is 0 Å². The van der Waals surface area contributed by atoms with Crippen LogP contribution in [0, 0.1) is 0 Å². The van der Waals surface area contributed by atoms with Crippen molar-refractivity contribution in [2.24, 2.45) is 0 Å². The maximum atomic E-state index is 12.9. The van der Waals surface area contributed by atoms with Crippen LogP contribution in [-0.2, 0) is 23.9 Å². The van der Waals surface area contributed by atoms with E-state index in [0.29, 0.717) is 13.1 Å². The van der Waals surface area contributed by atoms with Crippen molar-refractivity contribution in [2.75, 3.05) is 44.6 Å². The van der Waals surface area contributed by atoms with E-state index in [0.717, 1.165) is 56.6 Å². The summed E-state index contributed by atoms with van der Waals surface area (Å²) < 4.78 is 44.2. The highest BCUT2D eigenvalue weighted by Crippen LogP contribution is 2.33. The lowest BCUT2D eigenvalue weighted by molar-refractivity contribution is -0.137. The Kier molecular flexibility index (Phi) is 6.41. The van der Waals surface area contributed by atoms with Gasteiger partial charge >= 0.3 is 6.18 Å². The fourth-order valence-electron chi connectivity index (χ4n) is 3.89. The number of anilines is 1. The van der Waals surface area contributed by atoms with Gasteiger partial charge in [0.25, 0.3) is 0 Å². The lowest BCUT2D eigenvalue weighted by atomic mass is 10.1. The molecule has 5 nitrogen and oxygen atoms in total. The predicted molar refractivity (Wildman–Crippen MR) is 112 cm³/mol. The van der Waals surface area contributed by atoms with Crippen molar-refractivity contribution in [3.63, 3.8) is 0 Å². The van der Waals surface area contributed by atoms with Gasteiger partial charge < -0.3 is 10.1 Å². The van der Waals surface area contributed by atoms with E-state index in [9.17, 15) is 18.0 Å². The summed E-state index contributed by atoms with van der Waals surface area (Å²) in [6, 6.07) is 9.20. The van der Waals surface area contributed by atoms with E-state index < -0.39 is 11.7 Å². The van der Waals surface area contributed by atoms with Crippen LogP contribution < -0.4 is 10.1 Å². The van der Waals surface area contributed by atoms with Crippen molar-refractivity contribution in [2.45, 2.75) is 19.1 Å². The molecule has 0 aromatic heterocycles. The van der Waals surface area contributed by atoms with Gasteiger partial charge in [-0.25, -0.2) is 0 Å². The number of halogens is 4. The molecule has 2 aliphatic heterocycles. The third-order valence-corrected chi connectivity index (χ3v) is 5.89. The molecule has 0 atom stereocenters. The molecule has 2 aromatic rings. The molecule has 1 N–H and O–H groups in total. The maximum Gasteiger partial charge on any atom is 0.416 e. The summed E-state index contributed by atoms with van der Waals surface area (Å²) in [6.45, 7) is 4.72. The van der Waals surface area contributed by atoms with Crippen LogP contribution in [0.3, 0.4) is 0 Å². The summed E-state index contributed by atoms with van der Waals surface area (Å²) in [6.07, 6.45) is -3.55. The Morgan fingerprint density at radius 2 is 1.81 bits per heavy atom. The maximum absolute atomic E-state index is 12.9. The number of carbonyl (C=O) groups is 1. The number of hydrogen-bond acceptors (Lipinski definition) is 4.